The lowest BCUT2D eigenvalue weighted by Gasteiger charge is -2.39. The summed E-state index contributed by atoms with van der Waals surface area (Å²) in [6, 6.07) is 0. The number of rotatable bonds is 18. The van der Waals surface area contributed by atoms with E-state index in [9.17, 15) is 14.4 Å². The molecule has 0 aromatic carbocycles. The molecule has 0 heterocycles. The maximum absolute atomic E-state index is 13.2. The molecule has 0 amide bonds. The molecule has 1 aliphatic rings. The highest BCUT2D eigenvalue weighted by atomic mass is 16.6. The molecule has 3 unspecified atom stereocenters. The molecule has 0 radical (unpaired) electrons. The second kappa shape index (κ2) is 17.6. The number of hydrogen-bond acceptors (Lipinski definition) is 6. The first-order valence-corrected chi connectivity index (χ1v) is 13.6. The monoisotopic (exact) mass is 480 g/mol. The van der Waals surface area contributed by atoms with Gasteiger partial charge in [0.25, 0.3) is 0 Å². The molecule has 3 atom stereocenters. The van der Waals surface area contributed by atoms with Crippen molar-refractivity contribution in [2.45, 2.75) is 123 Å². The minimum Gasteiger partial charge on any atom is -0.465 e. The van der Waals surface area contributed by atoms with Gasteiger partial charge in [0.15, 0.2) is 0 Å². The normalized spacial score (nSPS) is 20.9. The van der Waals surface area contributed by atoms with E-state index in [2.05, 4.69) is 27.4 Å². The van der Waals surface area contributed by atoms with E-state index in [1.165, 1.54) is 6.42 Å². The minimum absolute atomic E-state index is 0.258. The Morgan fingerprint density at radius 1 is 0.912 bits per heavy atom. The van der Waals surface area contributed by atoms with Crippen LogP contribution in [0, 0.1) is 11.8 Å². The number of esters is 3. The average molecular weight is 481 g/mol. The van der Waals surface area contributed by atoms with Gasteiger partial charge in [0.2, 0.25) is 5.60 Å². The van der Waals surface area contributed by atoms with Crippen LogP contribution in [0.1, 0.15) is 117 Å². The number of carbonyl (C=O) groups is 3. The van der Waals surface area contributed by atoms with Crippen LogP contribution in [0.4, 0.5) is 0 Å². The Morgan fingerprint density at radius 3 is 2.29 bits per heavy atom. The fourth-order valence-electron chi connectivity index (χ4n) is 4.78. The van der Waals surface area contributed by atoms with Crippen LogP contribution in [-0.4, -0.2) is 36.7 Å². The van der Waals surface area contributed by atoms with E-state index in [1.54, 1.807) is 0 Å². The molecule has 6 nitrogen and oxygen atoms in total. The van der Waals surface area contributed by atoms with Crippen molar-refractivity contribution in [1.82, 2.24) is 0 Å². The summed E-state index contributed by atoms with van der Waals surface area (Å²) in [6.07, 6.45) is 14.8. The predicted molar refractivity (Wildman–Crippen MR) is 134 cm³/mol. The molecule has 0 saturated heterocycles. The van der Waals surface area contributed by atoms with Gasteiger partial charge in [-0.3, -0.25) is 4.79 Å². The van der Waals surface area contributed by atoms with Gasteiger partial charge in [0, 0.05) is 6.08 Å². The molecule has 0 aliphatic heterocycles. The third-order valence-corrected chi connectivity index (χ3v) is 6.79. The molecule has 6 heteroatoms. The van der Waals surface area contributed by atoms with Crippen molar-refractivity contribution in [3.05, 3.63) is 12.7 Å². The zero-order chi connectivity index (χ0) is 25.2. The molecular formula is C28H48O6. The van der Waals surface area contributed by atoms with Gasteiger partial charge in [-0.25, -0.2) is 9.59 Å². The molecule has 0 bridgehead atoms. The van der Waals surface area contributed by atoms with Crippen molar-refractivity contribution in [2.75, 3.05) is 13.2 Å². The summed E-state index contributed by atoms with van der Waals surface area (Å²) in [7, 11) is 0. The number of hydrogen-bond donors (Lipinski definition) is 0. The lowest BCUT2D eigenvalue weighted by molar-refractivity contribution is -0.198. The van der Waals surface area contributed by atoms with Crippen LogP contribution >= 0.6 is 0 Å². The number of carbonyl (C=O) groups excluding carboxylic acids is 3. The third kappa shape index (κ3) is 10.2. The van der Waals surface area contributed by atoms with E-state index < -0.39 is 29.4 Å². The van der Waals surface area contributed by atoms with E-state index in [-0.39, 0.29) is 13.0 Å². The molecule has 0 aromatic heterocycles. The van der Waals surface area contributed by atoms with Crippen molar-refractivity contribution >= 4 is 17.9 Å². The Balaban J connectivity index is 2.88. The Kier molecular flexibility index (Phi) is 15.6. The van der Waals surface area contributed by atoms with Crippen molar-refractivity contribution in [1.29, 1.82) is 0 Å². The van der Waals surface area contributed by atoms with Crippen molar-refractivity contribution < 1.29 is 28.6 Å². The molecule has 1 aliphatic carbocycles. The Morgan fingerprint density at radius 2 is 1.62 bits per heavy atom. The van der Waals surface area contributed by atoms with Crippen molar-refractivity contribution in [3.63, 3.8) is 0 Å². The van der Waals surface area contributed by atoms with E-state index in [0.29, 0.717) is 25.4 Å². The van der Waals surface area contributed by atoms with Gasteiger partial charge >= 0.3 is 17.9 Å². The molecule has 0 spiro atoms. The SMILES string of the molecule is C=CC(=O)OC1(C(=O)OCCCCCCC)CCCCC1C(=O)OCC(CCC)CCCCC. The molecule has 1 saturated carbocycles. The van der Waals surface area contributed by atoms with Crippen LogP contribution in [0.2, 0.25) is 0 Å². The zero-order valence-corrected chi connectivity index (χ0v) is 21.9. The highest BCUT2D eigenvalue weighted by Gasteiger charge is 2.55. The average Bonchev–Trinajstić information content (AvgIpc) is 2.84. The van der Waals surface area contributed by atoms with Gasteiger partial charge in [0.05, 0.1) is 13.2 Å². The van der Waals surface area contributed by atoms with Crippen molar-refractivity contribution in [3.8, 4) is 0 Å². The smallest absolute Gasteiger partial charge is 0.351 e. The molecule has 34 heavy (non-hydrogen) atoms. The molecule has 0 aromatic rings. The molecular weight excluding hydrogens is 432 g/mol. The van der Waals surface area contributed by atoms with Gasteiger partial charge in [0.1, 0.15) is 5.92 Å². The van der Waals surface area contributed by atoms with Crippen LogP contribution in [0.25, 0.3) is 0 Å². The summed E-state index contributed by atoms with van der Waals surface area (Å²) in [4.78, 5) is 38.7. The Labute approximate surface area is 207 Å². The summed E-state index contributed by atoms with van der Waals surface area (Å²) >= 11 is 0. The third-order valence-electron chi connectivity index (χ3n) is 6.79. The second-order valence-corrected chi connectivity index (χ2v) is 9.64. The summed E-state index contributed by atoms with van der Waals surface area (Å²) in [5, 5.41) is 0. The van der Waals surface area contributed by atoms with Crippen LogP contribution in [0.3, 0.4) is 0 Å². The van der Waals surface area contributed by atoms with Crippen LogP contribution in [0.5, 0.6) is 0 Å². The molecule has 1 fully saturated rings. The second-order valence-electron chi connectivity index (χ2n) is 9.64. The van der Waals surface area contributed by atoms with E-state index >= 15 is 0 Å². The standard InChI is InChI=1S/C28H48O6/c1-5-9-11-12-16-21-32-27(31)28(34-25(29)8-4)20-15-14-19-24(28)26(30)33-22-23(17-7-3)18-13-10-6-2/h8,23-24H,4-7,9-22H2,1-3H3. The van der Waals surface area contributed by atoms with E-state index in [4.69, 9.17) is 14.2 Å². The number of ether oxygens (including phenoxy) is 3. The Hall–Kier alpha value is -1.85. The van der Waals surface area contributed by atoms with Crippen molar-refractivity contribution in [2.24, 2.45) is 11.8 Å². The lowest BCUT2D eigenvalue weighted by atomic mass is 9.75. The summed E-state index contributed by atoms with van der Waals surface area (Å²) in [6.45, 7) is 10.5. The van der Waals surface area contributed by atoms with Gasteiger partial charge in [-0.2, -0.15) is 0 Å². The minimum atomic E-state index is -1.63. The van der Waals surface area contributed by atoms with Gasteiger partial charge in [-0.1, -0.05) is 85.1 Å². The van der Waals surface area contributed by atoms with Gasteiger partial charge < -0.3 is 14.2 Å². The zero-order valence-electron chi connectivity index (χ0n) is 21.9. The highest BCUT2D eigenvalue weighted by Crippen LogP contribution is 2.39. The first-order valence-electron chi connectivity index (χ1n) is 13.6. The fraction of sp³-hybridized carbons (Fsp3) is 0.821. The topological polar surface area (TPSA) is 78.9 Å². The summed E-state index contributed by atoms with van der Waals surface area (Å²) < 4.78 is 16.9. The first-order chi connectivity index (χ1) is 16.4. The van der Waals surface area contributed by atoms with Crippen LogP contribution in [0.15, 0.2) is 12.7 Å². The molecule has 1 rings (SSSR count). The lowest BCUT2D eigenvalue weighted by Crippen LogP contribution is -2.55. The first kappa shape index (κ1) is 30.2. The molecule has 196 valence electrons. The van der Waals surface area contributed by atoms with Gasteiger partial charge in [-0.15, -0.1) is 0 Å². The maximum atomic E-state index is 13.2. The fourth-order valence-corrected chi connectivity index (χ4v) is 4.78. The Bertz CT molecular complexity index is 616. The van der Waals surface area contributed by atoms with Crippen LogP contribution < -0.4 is 0 Å². The largest absolute Gasteiger partial charge is 0.465 e. The van der Waals surface area contributed by atoms with Gasteiger partial charge in [-0.05, 0) is 44.4 Å². The molecule has 0 N–H and O–H groups in total. The van der Waals surface area contributed by atoms with E-state index in [1.807, 2.05) is 0 Å². The number of unbranched alkanes of at least 4 members (excludes halogenated alkanes) is 6. The summed E-state index contributed by atoms with van der Waals surface area (Å²) in [5.41, 5.74) is -1.63. The van der Waals surface area contributed by atoms with Crippen LogP contribution in [-0.2, 0) is 28.6 Å². The maximum Gasteiger partial charge on any atom is 0.351 e. The summed E-state index contributed by atoms with van der Waals surface area (Å²) in [5.74, 6) is -2.36. The van der Waals surface area contributed by atoms with E-state index in [0.717, 1.165) is 76.7 Å². The predicted octanol–water partition coefficient (Wildman–Crippen LogP) is 6.70. The quantitative estimate of drug-likeness (QED) is 0.0940. The highest BCUT2D eigenvalue weighted by molar-refractivity contribution is 5.92.